The van der Waals surface area contributed by atoms with Crippen LogP contribution in [0, 0.1) is 0 Å². The maximum absolute atomic E-state index is 12.1. The monoisotopic (exact) mass is 320 g/mol. The van der Waals surface area contributed by atoms with Crippen LogP contribution in [0.5, 0.6) is 0 Å². The van der Waals surface area contributed by atoms with Gasteiger partial charge in [0.05, 0.1) is 4.90 Å². The second-order valence-electron chi connectivity index (χ2n) is 4.87. The Morgan fingerprint density at radius 1 is 1.09 bits per heavy atom. The Labute approximate surface area is 129 Å². The van der Waals surface area contributed by atoms with Gasteiger partial charge in [-0.25, -0.2) is 8.42 Å². The smallest absolute Gasteiger partial charge is 0.262 e. The number of sulfonamides is 1. The molecule has 1 amide bonds. The highest BCUT2D eigenvalue weighted by Gasteiger charge is 2.21. The fraction of sp³-hybridized carbons (Fsp3) is 0.133. The Hall–Kier alpha value is -2.22. The van der Waals surface area contributed by atoms with Crippen molar-refractivity contribution in [2.45, 2.75) is 4.90 Å². The molecule has 0 atom stereocenters. The van der Waals surface area contributed by atoms with Gasteiger partial charge in [-0.05, 0) is 17.7 Å². The summed E-state index contributed by atoms with van der Waals surface area (Å²) in [6.07, 6.45) is 0. The third-order valence-corrected chi connectivity index (χ3v) is 4.29. The number of amides is 1. The van der Waals surface area contributed by atoms with Gasteiger partial charge in [-0.2, -0.15) is 0 Å². The largest absolute Gasteiger partial charge is 0.345 e. The van der Waals surface area contributed by atoms with Crippen LogP contribution in [0.1, 0.15) is 10.4 Å². The van der Waals surface area contributed by atoms with Crippen LogP contribution >= 0.6 is 0 Å². The van der Waals surface area contributed by atoms with E-state index in [0.29, 0.717) is 11.1 Å². The first-order valence-corrected chi connectivity index (χ1v) is 7.92. The van der Waals surface area contributed by atoms with Crippen molar-refractivity contribution in [1.29, 1.82) is 0 Å². The lowest BCUT2D eigenvalue weighted by Gasteiger charge is -2.14. The van der Waals surface area contributed by atoms with Gasteiger partial charge in [-0.3, -0.25) is 4.79 Å². The topological polar surface area (TPSA) is 86.7 Å². The Bertz CT molecular complexity index is 786. The standard InChI is InChI=1S/C15H16N2O4S/c1-17(2)15(18)12-8-9-13(11-6-4-3-5-7-11)14(10-12)22(20,21)16-19/h3-10,16,19H,1-2H3. The molecule has 0 heterocycles. The highest BCUT2D eigenvalue weighted by molar-refractivity contribution is 7.89. The summed E-state index contributed by atoms with van der Waals surface area (Å²) in [4.78, 5) is 14.5. The molecule has 0 saturated carbocycles. The van der Waals surface area contributed by atoms with E-state index >= 15 is 0 Å². The Kier molecular flexibility index (Phi) is 4.60. The fourth-order valence-corrected chi connectivity index (χ4v) is 2.90. The van der Waals surface area contributed by atoms with E-state index in [2.05, 4.69) is 0 Å². The molecule has 0 unspecified atom stereocenters. The number of nitrogens with zero attached hydrogens (tertiary/aromatic N) is 1. The molecule has 0 fully saturated rings. The minimum Gasteiger partial charge on any atom is -0.345 e. The molecule has 6 nitrogen and oxygen atoms in total. The highest BCUT2D eigenvalue weighted by Crippen LogP contribution is 2.28. The first-order valence-electron chi connectivity index (χ1n) is 6.44. The average molecular weight is 320 g/mol. The molecule has 0 aliphatic rings. The molecule has 2 rings (SSSR count). The first kappa shape index (κ1) is 16.2. The molecule has 0 saturated heterocycles. The van der Waals surface area contributed by atoms with Crippen LogP contribution in [0.25, 0.3) is 11.1 Å². The summed E-state index contributed by atoms with van der Waals surface area (Å²) >= 11 is 0. The molecular weight excluding hydrogens is 304 g/mol. The number of hydrogen-bond donors (Lipinski definition) is 2. The van der Waals surface area contributed by atoms with E-state index in [1.54, 1.807) is 50.5 Å². The van der Waals surface area contributed by atoms with Gasteiger partial charge in [0.25, 0.3) is 15.9 Å². The van der Waals surface area contributed by atoms with Gasteiger partial charge in [-0.15, -0.1) is 0 Å². The molecule has 2 aromatic carbocycles. The molecule has 0 radical (unpaired) electrons. The minimum absolute atomic E-state index is 0.158. The number of rotatable bonds is 4. The van der Waals surface area contributed by atoms with Crippen molar-refractivity contribution < 1.29 is 18.4 Å². The number of nitrogens with one attached hydrogen (secondary N) is 1. The lowest BCUT2D eigenvalue weighted by molar-refractivity contribution is 0.0827. The van der Waals surface area contributed by atoms with Crippen LogP contribution in [0.2, 0.25) is 0 Å². The molecule has 0 aromatic heterocycles. The lowest BCUT2D eigenvalue weighted by Crippen LogP contribution is -2.24. The van der Waals surface area contributed by atoms with E-state index in [1.807, 2.05) is 6.07 Å². The number of hydrogen-bond acceptors (Lipinski definition) is 4. The van der Waals surface area contributed by atoms with Crippen LogP contribution in [0.3, 0.4) is 0 Å². The first-order chi connectivity index (χ1) is 10.4. The van der Waals surface area contributed by atoms with Crippen LogP contribution in [0.4, 0.5) is 0 Å². The molecule has 2 N–H and O–H groups in total. The predicted molar refractivity (Wildman–Crippen MR) is 82.0 cm³/mol. The van der Waals surface area contributed by atoms with Crippen LogP contribution in [0.15, 0.2) is 53.4 Å². The second-order valence-corrected chi connectivity index (χ2v) is 6.50. The number of carbonyl (C=O) groups is 1. The summed E-state index contributed by atoms with van der Waals surface area (Å²) in [7, 11) is -0.973. The molecule has 116 valence electrons. The van der Waals surface area contributed by atoms with Gasteiger partial charge < -0.3 is 10.1 Å². The molecule has 0 aliphatic carbocycles. The van der Waals surface area contributed by atoms with E-state index in [9.17, 15) is 13.2 Å². The zero-order valence-corrected chi connectivity index (χ0v) is 13.0. The van der Waals surface area contributed by atoms with E-state index in [1.165, 1.54) is 15.9 Å². The predicted octanol–water partition coefficient (Wildman–Crippen LogP) is 1.72. The normalized spacial score (nSPS) is 11.2. The van der Waals surface area contributed by atoms with E-state index < -0.39 is 10.0 Å². The quantitative estimate of drug-likeness (QED) is 0.840. The molecule has 0 bridgehead atoms. The Morgan fingerprint density at radius 3 is 2.27 bits per heavy atom. The highest BCUT2D eigenvalue weighted by atomic mass is 32.2. The molecular formula is C15H16N2O4S. The average Bonchev–Trinajstić information content (AvgIpc) is 2.54. The molecule has 0 aliphatic heterocycles. The molecule has 7 heteroatoms. The van der Waals surface area contributed by atoms with Crippen molar-refractivity contribution >= 4 is 15.9 Å². The summed E-state index contributed by atoms with van der Waals surface area (Å²) in [6, 6.07) is 13.2. The zero-order valence-electron chi connectivity index (χ0n) is 12.1. The van der Waals surface area contributed by atoms with Gasteiger partial charge >= 0.3 is 0 Å². The van der Waals surface area contributed by atoms with Crippen molar-refractivity contribution in [3.8, 4) is 11.1 Å². The summed E-state index contributed by atoms with van der Waals surface area (Å²) in [5.74, 6) is -0.325. The molecule has 0 spiro atoms. The van der Waals surface area contributed by atoms with Gasteiger partial charge in [0, 0.05) is 25.2 Å². The van der Waals surface area contributed by atoms with Crippen molar-refractivity contribution in [3.63, 3.8) is 0 Å². The summed E-state index contributed by atoms with van der Waals surface area (Å²) < 4.78 is 24.1. The number of carbonyl (C=O) groups excluding carboxylic acids is 1. The van der Waals surface area contributed by atoms with Crippen molar-refractivity contribution in [1.82, 2.24) is 9.79 Å². The van der Waals surface area contributed by atoms with Crippen molar-refractivity contribution in [2.24, 2.45) is 0 Å². The summed E-state index contributed by atoms with van der Waals surface area (Å²) in [5.41, 5.74) is 1.29. The molecule has 2 aromatic rings. The van der Waals surface area contributed by atoms with Crippen molar-refractivity contribution in [3.05, 3.63) is 54.1 Å². The van der Waals surface area contributed by atoms with E-state index in [0.717, 1.165) is 0 Å². The third kappa shape index (κ3) is 3.16. The maximum atomic E-state index is 12.1. The lowest BCUT2D eigenvalue weighted by atomic mass is 10.0. The summed E-state index contributed by atoms with van der Waals surface area (Å²) in [6.45, 7) is 0. The SMILES string of the molecule is CN(C)C(=O)c1ccc(-c2ccccc2)c(S(=O)(=O)NO)c1. The van der Waals surface area contributed by atoms with Gasteiger partial charge in [0.15, 0.2) is 0 Å². The Morgan fingerprint density at radius 2 is 1.73 bits per heavy atom. The minimum atomic E-state index is -4.12. The van der Waals surface area contributed by atoms with Gasteiger partial charge in [0.1, 0.15) is 0 Å². The van der Waals surface area contributed by atoms with Gasteiger partial charge in [0.2, 0.25) is 0 Å². The van der Waals surface area contributed by atoms with Gasteiger partial charge in [-0.1, -0.05) is 41.3 Å². The molecule has 22 heavy (non-hydrogen) atoms. The van der Waals surface area contributed by atoms with E-state index in [4.69, 9.17) is 5.21 Å². The third-order valence-electron chi connectivity index (χ3n) is 3.13. The fourth-order valence-electron chi connectivity index (χ4n) is 2.04. The van der Waals surface area contributed by atoms with Crippen LogP contribution in [-0.2, 0) is 10.0 Å². The zero-order chi connectivity index (χ0) is 16.3. The Balaban J connectivity index is 2.68. The number of benzene rings is 2. The summed E-state index contributed by atoms with van der Waals surface area (Å²) in [5, 5.41) is 8.92. The van der Waals surface area contributed by atoms with Crippen molar-refractivity contribution in [2.75, 3.05) is 14.1 Å². The second kappa shape index (κ2) is 6.27. The van der Waals surface area contributed by atoms with Crippen LogP contribution < -0.4 is 4.89 Å². The van der Waals surface area contributed by atoms with E-state index in [-0.39, 0.29) is 16.4 Å². The maximum Gasteiger partial charge on any atom is 0.262 e. The van der Waals surface area contributed by atoms with Crippen LogP contribution in [-0.4, -0.2) is 38.5 Å².